The Labute approximate surface area is 73.8 Å². The van der Waals surface area contributed by atoms with Crippen molar-refractivity contribution in [2.24, 2.45) is 0 Å². The molecule has 0 fully saturated rings. The number of aliphatic hydroxyl groups excluding tert-OH is 1. The highest BCUT2D eigenvalue weighted by Crippen LogP contribution is 2.19. The quantitative estimate of drug-likeness (QED) is 0.729. The fourth-order valence-corrected chi connectivity index (χ4v) is 1.23. The molecule has 1 N–H and O–H groups in total. The smallest absolute Gasteiger partial charge is 0.192 e. The summed E-state index contributed by atoms with van der Waals surface area (Å²) >= 11 is 0. The molecule has 68 valence electrons. The number of aliphatic hydroxyl groups is 1. The summed E-state index contributed by atoms with van der Waals surface area (Å²) in [7, 11) is 0. The Kier molecular flexibility index (Phi) is 1.77. The molecule has 3 nitrogen and oxygen atoms in total. The molecular formula is C9H8FNO2. The summed E-state index contributed by atoms with van der Waals surface area (Å²) < 4.78 is 18.3. The lowest BCUT2D eigenvalue weighted by Gasteiger charge is -1.96. The van der Waals surface area contributed by atoms with Crippen LogP contribution in [0, 0.1) is 12.7 Å². The van der Waals surface area contributed by atoms with Gasteiger partial charge < -0.3 is 9.52 Å². The van der Waals surface area contributed by atoms with Crippen LogP contribution >= 0.6 is 0 Å². The van der Waals surface area contributed by atoms with E-state index in [1.165, 1.54) is 12.1 Å². The predicted octanol–water partition coefficient (Wildman–Crippen LogP) is 1.77. The summed E-state index contributed by atoms with van der Waals surface area (Å²) in [6.07, 6.45) is 0. The number of rotatable bonds is 1. The second-order valence-electron chi connectivity index (χ2n) is 2.80. The molecule has 0 saturated heterocycles. The maximum Gasteiger partial charge on any atom is 0.192 e. The summed E-state index contributed by atoms with van der Waals surface area (Å²) in [5.74, 6) is 0.0350. The normalized spacial score (nSPS) is 11.0. The summed E-state index contributed by atoms with van der Waals surface area (Å²) in [5, 5.41) is 8.78. The van der Waals surface area contributed by atoms with Gasteiger partial charge in [-0.3, -0.25) is 0 Å². The van der Waals surface area contributed by atoms with Gasteiger partial charge >= 0.3 is 0 Å². The SMILES string of the molecule is Cc1nc2cc(F)c(CO)cc2o1. The standard InChI is InChI=1S/C9H8FNO2/c1-5-11-8-3-7(10)6(4-12)2-9(8)13-5/h2-3,12H,4H2,1H3. The van der Waals surface area contributed by atoms with E-state index >= 15 is 0 Å². The van der Waals surface area contributed by atoms with E-state index < -0.39 is 5.82 Å². The maximum atomic E-state index is 13.1. The molecule has 0 unspecified atom stereocenters. The fraction of sp³-hybridized carbons (Fsp3) is 0.222. The first kappa shape index (κ1) is 8.19. The van der Waals surface area contributed by atoms with Crippen LogP contribution in [0.3, 0.4) is 0 Å². The first-order valence-electron chi connectivity index (χ1n) is 3.87. The van der Waals surface area contributed by atoms with Gasteiger partial charge in [0.2, 0.25) is 0 Å². The number of hydrogen-bond acceptors (Lipinski definition) is 3. The monoisotopic (exact) mass is 181 g/mol. The molecule has 2 aromatic rings. The van der Waals surface area contributed by atoms with Gasteiger partial charge in [-0.25, -0.2) is 9.37 Å². The third-order valence-electron chi connectivity index (χ3n) is 1.83. The third kappa shape index (κ3) is 1.29. The third-order valence-corrected chi connectivity index (χ3v) is 1.83. The van der Waals surface area contributed by atoms with Gasteiger partial charge in [0.25, 0.3) is 0 Å². The van der Waals surface area contributed by atoms with E-state index in [-0.39, 0.29) is 12.2 Å². The van der Waals surface area contributed by atoms with Crippen LogP contribution in [0.2, 0.25) is 0 Å². The van der Waals surface area contributed by atoms with Crippen LogP contribution in [0.5, 0.6) is 0 Å². The summed E-state index contributed by atoms with van der Waals surface area (Å²) in [6.45, 7) is 1.36. The number of halogens is 1. The van der Waals surface area contributed by atoms with Gasteiger partial charge in [0.1, 0.15) is 11.3 Å². The predicted molar refractivity (Wildman–Crippen MR) is 44.6 cm³/mol. The van der Waals surface area contributed by atoms with Crippen molar-refractivity contribution in [3.05, 3.63) is 29.4 Å². The van der Waals surface area contributed by atoms with Crippen molar-refractivity contribution in [1.82, 2.24) is 4.98 Å². The Morgan fingerprint density at radius 3 is 3.00 bits per heavy atom. The number of hydrogen-bond donors (Lipinski definition) is 1. The molecule has 0 saturated carbocycles. The van der Waals surface area contributed by atoms with Crippen molar-refractivity contribution >= 4 is 11.1 Å². The van der Waals surface area contributed by atoms with Gasteiger partial charge in [0, 0.05) is 18.6 Å². The minimum atomic E-state index is -0.455. The van der Waals surface area contributed by atoms with Crippen LogP contribution in [-0.4, -0.2) is 10.1 Å². The molecule has 0 aliphatic rings. The molecule has 13 heavy (non-hydrogen) atoms. The largest absolute Gasteiger partial charge is 0.441 e. The molecule has 0 radical (unpaired) electrons. The Morgan fingerprint density at radius 2 is 2.31 bits per heavy atom. The first-order chi connectivity index (χ1) is 6.20. The van der Waals surface area contributed by atoms with Gasteiger partial charge in [0.15, 0.2) is 11.5 Å². The minimum Gasteiger partial charge on any atom is -0.441 e. The molecule has 0 bridgehead atoms. The molecule has 0 amide bonds. The van der Waals surface area contributed by atoms with Crippen molar-refractivity contribution in [3.63, 3.8) is 0 Å². The molecule has 1 aromatic heterocycles. The second-order valence-corrected chi connectivity index (χ2v) is 2.80. The number of fused-ring (bicyclic) bond motifs is 1. The van der Waals surface area contributed by atoms with E-state index in [0.717, 1.165) is 0 Å². The van der Waals surface area contributed by atoms with Gasteiger partial charge in [-0.05, 0) is 6.07 Å². The summed E-state index contributed by atoms with van der Waals surface area (Å²) in [4.78, 5) is 3.96. The molecular weight excluding hydrogens is 173 g/mol. The summed E-state index contributed by atoms with van der Waals surface area (Å²) in [6, 6.07) is 2.72. The van der Waals surface area contributed by atoms with Crippen molar-refractivity contribution in [3.8, 4) is 0 Å². The van der Waals surface area contributed by atoms with Crippen LogP contribution in [-0.2, 0) is 6.61 Å². The van der Waals surface area contributed by atoms with Crippen LogP contribution < -0.4 is 0 Å². The lowest BCUT2D eigenvalue weighted by atomic mass is 10.2. The number of aryl methyl sites for hydroxylation is 1. The van der Waals surface area contributed by atoms with E-state index in [2.05, 4.69) is 4.98 Å². The highest BCUT2D eigenvalue weighted by molar-refractivity contribution is 5.73. The van der Waals surface area contributed by atoms with E-state index in [1.807, 2.05) is 0 Å². The van der Waals surface area contributed by atoms with Crippen LogP contribution in [0.15, 0.2) is 16.5 Å². The second kappa shape index (κ2) is 2.81. The first-order valence-corrected chi connectivity index (χ1v) is 3.87. The van der Waals surface area contributed by atoms with E-state index in [4.69, 9.17) is 9.52 Å². The number of nitrogens with zero attached hydrogens (tertiary/aromatic N) is 1. The van der Waals surface area contributed by atoms with E-state index in [9.17, 15) is 4.39 Å². The zero-order valence-electron chi connectivity index (χ0n) is 7.04. The molecule has 0 atom stereocenters. The van der Waals surface area contributed by atoms with Gasteiger partial charge in [-0.15, -0.1) is 0 Å². The van der Waals surface area contributed by atoms with E-state index in [1.54, 1.807) is 6.92 Å². The Bertz CT molecular complexity index is 450. The molecule has 0 aliphatic carbocycles. The number of aromatic nitrogens is 1. The molecule has 1 heterocycles. The Hall–Kier alpha value is -1.42. The Balaban J connectivity index is 2.72. The highest BCUT2D eigenvalue weighted by atomic mass is 19.1. The van der Waals surface area contributed by atoms with Crippen LogP contribution in [0.25, 0.3) is 11.1 Å². The molecule has 0 aliphatic heterocycles. The van der Waals surface area contributed by atoms with Crippen LogP contribution in [0.1, 0.15) is 11.5 Å². The van der Waals surface area contributed by atoms with Crippen LogP contribution in [0.4, 0.5) is 4.39 Å². The molecule has 2 rings (SSSR count). The van der Waals surface area contributed by atoms with Crippen molar-refractivity contribution in [2.45, 2.75) is 13.5 Å². The molecule has 0 spiro atoms. The average Bonchev–Trinajstić information content (AvgIpc) is 2.42. The summed E-state index contributed by atoms with van der Waals surface area (Å²) in [5.41, 5.74) is 1.21. The minimum absolute atomic E-state index is 0.226. The lowest BCUT2D eigenvalue weighted by molar-refractivity contribution is 0.276. The highest BCUT2D eigenvalue weighted by Gasteiger charge is 2.07. The zero-order valence-corrected chi connectivity index (χ0v) is 7.04. The van der Waals surface area contributed by atoms with Gasteiger partial charge in [0.05, 0.1) is 6.61 Å². The van der Waals surface area contributed by atoms with Crippen molar-refractivity contribution < 1.29 is 13.9 Å². The zero-order chi connectivity index (χ0) is 9.42. The topological polar surface area (TPSA) is 46.3 Å². The van der Waals surface area contributed by atoms with Gasteiger partial charge in [-0.2, -0.15) is 0 Å². The molecule has 4 heteroatoms. The molecule has 1 aromatic carbocycles. The van der Waals surface area contributed by atoms with Crippen molar-refractivity contribution in [1.29, 1.82) is 0 Å². The number of benzene rings is 1. The maximum absolute atomic E-state index is 13.1. The fourth-order valence-electron chi connectivity index (χ4n) is 1.23. The number of oxazole rings is 1. The van der Waals surface area contributed by atoms with Gasteiger partial charge in [-0.1, -0.05) is 0 Å². The average molecular weight is 181 g/mol. The Morgan fingerprint density at radius 1 is 1.54 bits per heavy atom. The lowest BCUT2D eigenvalue weighted by Crippen LogP contribution is -1.88. The van der Waals surface area contributed by atoms with Crippen molar-refractivity contribution in [2.75, 3.05) is 0 Å². The van der Waals surface area contributed by atoms with E-state index in [0.29, 0.717) is 17.0 Å².